The number of aliphatic hydroxyl groups excluding tert-OH is 1. The lowest BCUT2D eigenvalue weighted by molar-refractivity contribution is -0.117. The third kappa shape index (κ3) is 4.87. The van der Waals surface area contributed by atoms with Crippen molar-refractivity contribution in [2.75, 3.05) is 6.61 Å². The van der Waals surface area contributed by atoms with Crippen LogP contribution in [-0.4, -0.2) is 33.4 Å². The average Bonchev–Trinajstić information content (AvgIpc) is 2.66. The van der Waals surface area contributed by atoms with Gasteiger partial charge in [-0.3, -0.25) is 9.48 Å². The van der Waals surface area contributed by atoms with Crippen LogP contribution in [0.4, 0.5) is 0 Å². The first kappa shape index (κ1) is 15.4. The van der Waals surface area contributed by atoms with Gasteiger partial charge in [0.2, 0.25) is 5.91 Å². The molecule has 0 spiro atoms. The third-order valence-corrected chi connectivity index (χ3v) is 3.01. The lowest BCUT2D eigenvalue weighted by Gasteiger charge is -2.17. The Hall–Kier alpha value is -1.62. The lowest BCUT2D eigenvalue weighted by atomic mass is 10.0. The zero-order valence-electron chi connectivity index (χ0n) is 12.1. The highest BCUT2D eigenvalue weighted by atomic mass is 16.3. The van der Waals surface area contributed by atoms with Crippen molar-refractivity contribution in [2.45, 2.75) is 33.2 Å². The minimum Gasteiger partial charge on any atom is -0.394 e. The van der Waals surface area contributed by atoms with Gasteiger partial charge in [0, 0.05) is 24.4 Å². The Morgan fingerprint density at radius 1 is 1.58 bits per heavy atom. The van der Waals surface area contributed by atoms with Gasteiger partial charge in [0.1, 0.15) is 0 Å². The summed E-state index contributed by atoms with van der Waals surface area (Å²) in [6.07, 6.45) is 5.70. The van der Waals surface area contributed by atoms with Gasteiger partial charge in [0.15, 0.2) is 0 Å². The van der Waals surface area contributed by atoms with E-state index < -0.39 is 0 Å². The molecule has 0 fully saturated rings. The Morgan fingerprint density at radius 3 is 2.74 bits per heavy atom. The predicted molar refractivity (Wildman–Crippen MR) is 75.5 cm³/mol. The van der Waals surface area contributed by atoms with Gasteiger partial charge in [-0.25, -0.2) is 0 Å². The molecule has 5 heteroatoms. The molecule has 0 bridgehead atoms. The highest BCUT2D eigenvalue weighted by Gasteiger charge is 2.11. The predicted octanol–water partition coefficient (Wildman–Crippen LogP) is 1.26. The highest BCUT2D eigenvalue weighted by molar-refractivity contribution is 5.92. The number of hydrogen-bond donors (Lipinski definition) is 2. The molecular weight excluding hydrogens is 242 g/mol. The molecule has 1 aromatic heterocycles. The number of nitrogens with zero attached hydrogens (tertiary/aromatic N) is 2. The van der Waals surface area contributed by atoms with Crippen molar-refractivity contribution in [1.82, 2.24) is 15.1 Å². The average molecular weight is 265 g/mol. The molecule has 1 heterocycles. The number of amides is 1. The number of rotatable bonds is 6. The van der Waals surface area contributed by atoms with Gasteiger partial charge in [-0.1, -0.05) is 13.8 Å². The molecule has 0 aromatic carbocycles. The van der Waals surface area contributed by atoms with Gasteiger partial charge in [-0.15, -0.1) is 0 Å². The zero-order chi connectivity index (χ0) is 14.4. The summed E-state index contributed by atoms with van der Waals surface area (Å²) < 4.78 is 1.76. The van der Waals surface area contributed by atoms with E-state index in [2.05, 4.69) is 24.3 Å². The number of aromatic nitrogens is 2. The third-order valence-electron chi connectivity index (χ3n) is 3.01. The Balaban J connectivity index is 2.57. The molecule has 106 valence electrons. The lowest BCUT2D eigenvalue weighted by Crippen LogP contribution is -2.37. The van der Waals surface area contributed by atoms with E-state index in [0.29, 0.717) is 5.92 Å². The Bertz CT molecular complexity index is 450. The van der Waals surface area contributed by atoms with E-state index >= 15 is 0 Å². The van der Waals surface area contributed by atoms with Crippen LogP contribution in [0.15, 0.2) is 12.3 Å². The smallest absolute Gasteiger partial charge is 0.244 e. The van der Waals surface area contributed by atoms with Crippen LogP contribution >= 0.6 is 0 Å². The van der Waals surface area contributed by atoms with E-state index in [4.69, 9.17) is 0 Å². The van der Waals surface area contributed by atoms with Crippen molar-refractivity contribution in [3.63, 3.8) is 0 Å². The Kier molecular flexibility index (Phi) is 5.76. The highest BCUT2D eigenvalue weighted by Crippen LogP contribution is 2.08. The standard InChI is InChI=1S/C14H23N3O2/c1-10(2)7-13(9-18)16-14(19)6-5-12-8-15-17(4)11(12)3/h5-6,8,10,13,18H,7,9H2,1-4H3,(H,16,19)/b6-5+. The molecule has 0 saturated heterocycles. The second-order valence-corrected chi connectivity index (χ2v) is 5.16. The van der Waals surface area contributed by atoms with Crippen molar-refractivity contribution in [2.24, 2.45) is 13.0 Å². The summed E-state index contributed by atoms with van der Waals surface area (Å²) in [4.78, 5) is 11.7. The number of nitrogens with one attached hydrogen (secondary N) is 1. The minimum absolute atomic E-state index is 0.0380. The molecule has 0 saturated carbocycles. The molecule has 1 aromatic rings. The number of hydrogen-bond acceptors (Lipinski definition) is 3. The zero-order valence-corrected chi connectivity index (χ0v) is 12.1. The van der Waals surface area contributed by atoms with Crippen molar-refractivity contribution in [3.05, 3.63) is 23.5 Å². The summed E-state index contributed by atoms with van der Waals surface area (Å²) in [6.45, 7) is 6.02. The van der Waals surface area contributed by atoms with Gasteiger partial charge in [0.25, 0.3) is 0 Å². The first-order valence-corrected chi connectivity index (χ1v) is 6.52. The second-order valence-electron chi connectivity index (χ2n) is 5.16. The second kappa shape index (κ2) is 7.09. The molecule has 5 nitrogen and oxygen atoms in total. The maximum atomic E-state index is 11.7. The van der Waals surface area contributed by atoms with E-state index in [1.165, 1.54) is 6.08 Å². The van der Waals surface area contributed by atoms with Gasteiger partial charge in [-0.2, -0.15) is 5.10 Å². The fraction of sp³-hybridized carbons (Fsp3) is 0.571. The summed E-state index contributed by atoms with van der Waals surface area (Å²) in [7, 11) is 1.86. The molecule has 0 aliphatic rings. The van der Waals surface area contributed by atoms with Crippen molar-refractivity contribution < 1.29 is 9.90 Å². The minimum atomic E-state index is -0.192. The Labute approximate surface area is 114 Å². The number of carbonyl (C=O) groups is 1. The van der Waals surface area contributed by atoms with Crippen LogP contribution < -0.4 is 5.32 Å². The fourth-order valence-corrected chi connectivity index (χ4v) is 1.84. The maximum Gasteiger partial charge on any atom is 0.244 e. The molecule has 0 aliphatic heterocycles. The normalized spacial score (nSPS) is 13.2. The summed E-state index contributed by atoms with van der Waals surface area (Å²) >= 11 is 0. The van der Waals surface area contributed by atoms with Crippen LogP contribution in [0.3, 0.4) is 0 Å². The van der Waals surface area contributed by atoms with E-state index in [0.717, 1.165) is 17.7 Å². The first-order valence-electron chi connectivity index (χ1n) is 6.52. The molecule has 0 radical (unpaired) electrons. The van der Waals surface area contributed by atoms with Gasteiger partial charge in [-0.05, 0) is 25.3 Å². The van der Waals surface area contributed by atoms with Crippen LogP contribution in [0.25, 0.3) is 6.08 Å². The van der Waals surface area contributed by atoms with Gasteiger partial charge in [0.05, 0.1) is 18.8 Å². The number of aliphatic hydroxyl groups is 1. The van der Waals surface area contributed by atoms with Gasteiger partial charge >= 0.3 is 0 Å². The van der Waals surface area contributed by atoms with Crippen molar-refractivity contribution in [3.8, 4) is 0 Å². The molecule has 19 heavy (non-hydrogen) atoms. The summed E-state index contributed by atoms with van der Waals surface area (Å²) in [5.41, 5.74) is 1.92. The van der Waals surface area contributed by atoms with Crippen molar-refractivity contribution in [1.29, 1.82) is 0 Å². The monoisotopic (exact) mass is 265 g/mol. The van der Waals surface area contributed by atoms with E-state index in [1.54, 1.807) is 17.0 Å². The summed E-state index contributed by atoms with van der Waals surface area (Å²) in [5.74, 6) is 0.241. The van der Waals surface area contributed by atoms with Crippen LogP contribution in [-0.2, 0) is 11.8 Å². The van der Waals surface area contributed by atoms with Gasteiger partial charge < -0.3 is 10.4 Å². The van der Waals surface area contributed by atoms with E-state index in [1.807, 2.05) is 14.0 Å². The largest absolute Gasteiger partial charge is 0.394 e. The molecular formula is C14H23N3O2. The van der Waals surface area contributed by atoms with E-state index in [9.17, 15) is 9.90 Å². The molecule has 1 unspecified atom stereocenters. The topological polar surface area (TPSA) is 67.2 Å². The summed E-state index contributed by atoms with van der Waals surface area (Å²) in [6, 6.07) is -0.188. The van der Waals surface area contributed by atoms with Crippen LogP contribution in [0.1, 0.15) is 31.5 Å². The number of aryl methyl sites for hydroxylation is 1. The molecule has 2 N–H and O–H groups in total. The molecule has 1 atom stereocenters. The molecule has 0 aliphatic carbocycles. The fourth-order valence-electron chi connectivity index (χ4n) is 1.84. The molecule has 1 rings (SSSR count). The maximum absolute atomic E-state index is 11.7. The Morgan fingerprint density at radius 2 is 2.26 bits per heavy atom. The molecule has 1 amide bonds. The van der Waals surface area contributed by atoms with E-state index in [-0.39, 0.29) is 18.6 Å². The quantitative estimate of drug-likeness (QED) is 0.761. The number of carbonyl (C=O) groups excluding carboxylic acids is 1. The van der Waals surface area contributed by atoms with Crippen molar-refractivity contribution >= 4 is 12.0 Å². The SMILES string of the molecule is Cc1c(/C=C/C(=O)NC(CO)CC(C)C)cnn1C. The first-order chi connectivity index (χ1) is 8.93. The summed E-state index contributed by atoms with van der Waals surface area (Å²) in [5, 5.41) is 16.1. The van der Waals surface area contributed by atoms with Crippen LogP contribution in [0.2, 0.25) is 0 Å². The van der Waals surface area contributed by atoms with Crippen LogP contribution in [0.5, 0.6) is 0 Å². The van der Waals surface area contributed by atoms with Crippen LogP contribution in [0, 0.1) is 12.8 Å².